The Labute approximate surface area is 116 Å². The number of nitrogens with zero attached hydrogens (tertiary/aromatic N) is 3. The summed E-state index contributed by atoms with van der Waals surface area (Å²) in [4.78, 5) is 11.7. The lowest BCUT2D eigenvalue weighted by molar-refractivity contribution is 0.631. The number of anilines is 3. The first-order valence-electron chi connectivity index (χ1n) is 4.90. The molecular weight excluding hydrogens is 324 g/mol. The van der Waals surface area contributed by atoms with Crippen molar-refractivity contribution in [2.24, 2.45) is 0 Å². The maximum absolute atomic E-state index is 13.6. The monoisotopic (exact) mass is 331 g/mol. The highest BCUT2D eigenvalue weighted by atomic mass is 79.9. The van der Waals surface area contributed by atoms with Gasteiger partial charge in [-0.05, 0) is 39.7 Å². The van der Waals surface area contributed by atoms with E-state index < -0.39 is 5.82 Å². The predicted octanol–water partition coefficient (Wildman–Crippen LogP) is 3.21. The van der Waals surface area contributed by atoms with E-state index in [9.17, 15) is 4.39 Å². The first-order valence-corrected chi connectivity index (χ1v) is 6.07. The fourth-order valence-electron chi connectivity index (χ4n) is 1.25. The third-order valence-corrected chi connectivity index (χ3v) is 2.86. The van der Waals surface area contributed by atoms with Gasteiger partial charge in [0.15, 0.2) is 0 Å². The first kappa shape index (κ1) is 13.0. The Morgan fingerprint density at radius 1 is 1.22 bits per heavy atom. The standard InChI is InChI=1S/C10H8BrClFN5/c1-14-9-16-8(12)17-10(18-9)15-7-5(11)3-2-4-6(7)13/h2-4H,1H3,(H2,14,15,16,17,18). The molecule has 0 aliphatic carbocycles. The number of hydrogen-bond acceptors (Lipinski definition) is 5. The maximum Gasteiger partial charge on any atom is 0.233 e. The minimum absolute atomic E-state index is 0.0179. The number of hydrogen-bond donors (Lipinski definition) is 2. The molecular formula is C10H8BrClFN5. The van der Waals surface area contributed by atoms with Crippen LogP contribution in [0.15, 0.2) is 22.7 Å². The van der Waals surface area contributed by atoms with E-state index in [1.165, 1.54) is 6.07 Å². The van der Waals surface area contributed by atoms with E-state index in [2.05, 4.69) is 41.5 Å². The maximum atomic E-state index is 13.6. The summed E-state index contributed by atoms with van der Waals surface area (Å²) in [5.74, 6) is 0.0297. The summed E-state index contributed by atoms with van der Waals surface area (Å²) in [6, 6.07) is 4.62. The molecule has 8 heteroatoms. The molecule has 0 amide bonds. The third kappa shape index (κ3) is 2.85. The summed E-state index contributed by atoms with van der Waals surface area (Å²) >= 11 is 8.96. The molecule has 0 radical (unpaired) electrons. The molecule has 1 aromatic carbocycles. The normalized spacial score (nSPS) is 10.2. The molecule has 0 saturated carbocycles. The lowest BCUT2D eigenvalue weighted by atomic mass is 10.3. The quantitative estimate of drug-likeness (QED) is 0.903. The van der Waals surface area contributed by atoms with Crippen LogP contribution in [-0.2, 0) is 0 Å². The summed E-state index contributed by atoms with van der Waals surface area (Å²) in [6.45, 7) is 0. The molecule has 0 unspecified atom stereocenters. The van der Waals surface area contributed by atoms with Crippen molar-refractivity contribution in [1.29, 1.82) is 0 Å². The Balaban J connectivity index is 2.37. The Morgan fingerprint density at radius 3 is 2.61 bits per heavy atom. The number of halogens is 3. The minimum atomic E-state index is -0.424. The highest BCUT2D eigenvalue weighted by molar-refractivity contribution is 9.10. The van der Waals surface area contributed by atoms with Crippen molar-refractivity contribution in [2.75, 3.05) is 17.7 Å². The number of nitrogens with one attached hydrogen (secondary N) is 2. The predicted molar refractivity (Wildman–Crippen MR) is 71.8 cm³/mol. The van der Waals surface area contributed by atoms with Gasteiger partial charge in [0, 0.05) is 11.5 Å². The van der Waals surface area contributed by atoms with Gasteiger partial charge in [0.2, 0.25) is 17.2 Å². The molecule has 0 aliphatic heterocycles. The highest BCUT2D eigenvalue weighted by Crippen LogP contribution is 2.27. The molecule has 2 aromatic rings. The molecule has 94 valence electrons. The Kier molecular flexibility index (Phi) is 3.93. The van der Waals surface area contributed by atoms with Crippen molar-refractivity contribution in [1.82, 2.24) is 15.0 Å². The van der Waals surface area contributed by atoms with E-state index in [0.717, 1.165) is 0 Å². The molecule has 1 aromatic heterocycles. The summed E-state index contributed by atoms with van der Waals surface area (Å²) in [5.41, 5.74) is 0.238. The summed E-state index contributed by atoms with van der Waals surface area (Å²) in [6.07, 6.45) is 0. The Bertz CT molecular complexity index is 560. The molecule has 2 N–H and O–H groups in total. The number of benzene rings is 1. The van der Waals surface area contributed by atoms with Crippen molar-refractivity contribution in [3.05, 3.63) is 33.8 Å². The second-order valence-corrected chi connectivity index (χ2v) is 4.42. The second-order valence-electron chi connectivity index (χ2n) is 3.22. The smallest absolute Gasteiger partial charge is 0.233 e. The second kappa shape index (κ2) is 5.45. The SMILES string of the molecule is CNc1nc(Cl)nc(Nc2c(F)cccc2Br)n1. The van der Waals surface area contributed by atoms with Gasteiger partial charge < -0.3 is 10.6 Å². The largest absolute Gasteiger partial charge is 0.357 e. The molecule has 18 heavy (non-hydrogen) atoms. The highest BCUT2D eigenvalue weighted by Gasteiger charge is 2.10. The van der Waals surface area contributed by atoms with Crippen LogP contribution in [0.1, 0.15) is 0 Å². The van der Waals surface area contributed by atoms with E-state index in [1.54, 1.807) is 19.2 Å². The van der Waals surface area contributed by atoms with Crippen LogP contribution in [-0.4, -0.2) is 22.0 Å². The fourth-order valence-corrected chi connectivity index (χ4v) is 1.85. The van der Waals surface area contributed by atoms with Gasteiger partial charge in [-0.2, -0.15) is 15.0 Å². The van der Waals surface area contributed by atoms with Crippen LogP contribution in [0, 0.1) is 5.82 Å². The lowest BCUT2D eigenvalue weighted by Crippen LogP contribution is -2.05. The number of para-hydroxylation sites is 1. The van der Waals surface area contributed by atoms with Gasteiger partial charge in [-0.25, -0.2) is 4.39 Å². The molecule has 5 nitrogen and oxygen atoms in total. The minimum Gasteiger partial charge on any atom is -0.357 e. The fraction of sp³-hybridized carbons (Fsp3) is 0.100. The van der Waals surface area contributed by atoms with Crippen molar-refractivity contribution in [3.63, 3.8) is 0 Å². The Morgan fingerprint density at radius 2 is 1.94 bits per heavy atom. The van der Waals surface area contributed by atoms with Gasteiger partial charge in [-0.3, -0.25) is 0 Å². The van der Waals surface area contributed by atoms with Gasteiger partial charge in [0.25, 0.3) is 0 Å². The van der Waals surface area contributed by atoms with Gasteiger partial charge >= 0.3 is 0 Å². The van der Waals surface area contributed by atoms with E-state index in [1.807, 2.05) is 0 Å². The van der Waals surface area contributed by atoms with Gasteiger partial charge in [-0.1, -0.05) is 6.07 Å². The van der Waals surface area contributed by atoms with Gasteiger partial charge in [0.05, 0.1) is 5.69 Å². The average molecular weight is 333 g/mol. The van der Waals surface area contributed by atoms with Crippen molar-refractivity contribution >= 4 is 45.1 Å². The zero-order valence-electron chi connectivity index (χ0n) is 9.21. The van der Waals surface area contributed by atoms with E-state index in [-0.39, 0.29) is 16.9 Å². The van der Waals surface area contributed by atoms with Crippen molar-refractivity contribution in [3.8, 4) is 0 Å². The van der Waals surface area contributed by atoms with E-state index in [4.69, 9.17) is 11.6 Å². The molecule has 0 atom stereocenters. The third-order valence-electron chi connectivity index (χ3n) is 2.03. The van der Waals surface area contributed by atoms with Crippen LogP contribution < -0.4 is 10.6 Å². The van der Waals surface area contributed by atoms with Crippen LogP contribution in [0.4, 0.5) is 22.0 Å². The van der Waals surface area contributed by atoms with E-state index in [0.29, 0.717) is 10.4 Å². The molecule has 0 aliphatic rings. The zero-order chi connectivity index (χ0) is 13.1. The van der Waals surface area contributed by atoms with Crippen LogP contribution >= 0.6 is 27.5 Å². The van der Waals surface area contributed by atoms with Gasteiger partial charge in [-0.15, -0.1) is 0 Å². The molecule has 0 saturated heterocycles. The van der Waals surface area contributed by atoms with Gasteiger partial charge in [0.1, 0.15) is 5.82 Å². The average Bonchev–Trinajstić information content (AvgIpc) is 2.33. The summed E-state index contributed by atoms with van der Waals surface area (Å²) in [7, 11) is 1.65. The topological polar surface area (TPSA) is 62.7 Å². The van der Waals surface area contributed by atoms with Crippen molar-refractivity contribution < 1.29 is 4.39 Å². The lowest BCUT2D eigenvalue weighted by Gasteiger charge is -2.09. The molecule has 0 spiro atoms. The summed E-state index contributed by atoms with van der Waals surface area (Å²) in [5, 5.41) is 5.50. The Hall–Kier alpha value is -1.47. The van der Waals surface area contributed by atoms with Crippen LogP contribution in [0.3, 0.4) is 0 Å². The van der Waals surface area contributed by atoms with Crippen molar-refractivity contribution in [2.45, 2.75) is 0 Å². The molecule has 0 bridgehead atoms. The summed E-state index contributed by atoms with van der Waals surface area (Å²) < 4.78 is 14.2. The zero-order valence-corrected chi connectivity index (χ0v) is 11.5. The molecule has 0 fully saturated rings. The molecule has 1 heterocycles. The van der Waals surface area contributed by atoms with Crippen LogP contribution in [0.5, 0.6) is 0 Å². The van der Waals surface area contributed by atoms with E-state index >= 15 is 0 Å². The number of rotatable bonds is 3. The number of aromatic nitrogens is 3. The van der Waals surface area contributed by atoms with Crippen LogP contribution in [0.25, 0.3) is 0 Å². The molecule has 2 rings (SSSR count). The van der Waals surface area contributed by atoms with Crippen LogP contribution in [0.2, 0.25) is 5.28 Å². The first-order chi connectivity index (χ1) is 8.60.